The largest absolute Gasteiger partial charge is 0.493 e. The molecule has 3 aromatic rings. The van der Waals surface area contributed by atoms with Crippen molar-refractivity contribution in [3.8, 4) is 11.5 Å². The van der Waals surface area contributed by atoms with E-state index in [1.165, 1.54) is 11.1 Å². The number of rotatable bonds is 10. The van der Waals surface area contributed by atoms with Crippen molar-refractivity contribution in [2.24, 2.45) is 0 Å². The van der Waals surface area contributed by atoms with Gasteiger partial charge in [0.2, 0.25) is 0 Å². The topological polar surface area (TPSA) is 47.6 Å². The number of nitrogens with one attached hydrogen (secondary N) is 1. The molecule has 3 rings (SSSR count). The molecule has 4 nitrogen and oxygen atoms in total. The maximum Gasteiger partial charge on any atom is 0.251 e. The molecule has 0 saturated heterocycles. The van der Waals surface area contributed by atoms with Crippen LogP contribution < -0.4 is 14.8 Å². The van der Waals surface area contributed by atoms with Gasteiger partial charge in [0.15, 0.2) is 0 Å². The molecule has 31 heavy (non-hydrogen) atoms. The van der Waals surface area contributed by atoms with Crippen LogP contribution in [0.5, 0.6) is 11.5 Å². The van der Waals surface area contributed by atoms with Crippen molar-refractivity contribution in [1.29, 1.82) is 0 Å². The lowest BCUT2D eigenvalue weighted by atomic mass is 10.1. The van der Waals surface area contributed by atoms with Gasteiger partial charge in [0.1, 0.15) is 18.1 Å². The monoisotopic (exact) mass is 417 g/mol. The summed E-state index contributed by atoms with van der Waals surface area (Å²) in [4.78, 5) is 12.8. The van der Waals surface area contributed by atoms with Crippen LogP contribution in [0.3, 0.4) is 0 Å². The van der Waals surface area contributed by atoms with E-state index in [9.17, 15) is 4.79 Å². The molecule has 0 bridgehead atoms. The van der Waals surface area contributed by atoms with Crippen LogP contribution in [-0.4, -0.2) is 18.6 Å². The van der Waals surface area contributed by atoms with E-state index in [1.807, 2.05) is 75.4 Å². The zero-order valence-electron chi connectivity index (χ0n) is 18.6. The van der Waals surface area contributed by atoms with E-state index in [-0.39, 0.29) is 11.9 Å². The normalized spacial score (nSPS) is 11.6. The Balaban J connectivity index is 1.63. The van der Waals surface area contributed by atoms with Gasteiger partial charge in [-0.05, 0) is 69.5 Å². The molecule has 0 aliphatic carbocycles. The van der Waals surface area contributed by atoms with Crippen LogP contribution in [0.4, 0.5) is 0 Å². The smallest absolute Gasteiger partial charge is 0.251 e. The predicted octanol–water partition coefficient (Wildman–Crippen LogP) is 5.72. The second kappa shape index (κ2) is 11.2. The minimum absolute atomic E-state index is 0.0755. The van der Waals surface area contributed by atoms with E-state index in [0.29, 0.717) is 18.8 Å². The first-order valence-electron chi connectivity index (χ1n) is 10.8. The number of hydrogen-bond acceptors (Lipinski definition) is 3. The Labute approximate surface area is 185 Å². The standard InChI is InChI=1S/C27H31NO3/c1-4-30-26-17-14-23(18-24(26)19-31-25-15-10-20(2)11-16-25)27(29)28-21(3)12-13-22-8-6-5-7-9-22/h5-11,14-18,21H,4,12-13,19H2,1-3H3,(H,28,29)/t21-/m0/s1. The van der Waals surface area contributed by atoms with E-state index in [1.54, 1.807) is 6.07 Å². The summed E-state index contributed by atoms with van der Waals surface area (Å²) in [5.41, 5.74) is 3.92. The fraction of sp³-hybridized carbons (Fsp3) is 0.296. The molecule has 0 unspecified atom stereocenters. The van der Waals surface area contributed by atoms with E-state index in [2.05, 4.69) is 17.4 Å². The molecule has 1 N–H and O–H groups in total. The molecule has 4 heteroatoms. The predicted molar refractivity (Wildman–Crippen MR) is 125 cm³/mol. The van der Waals surface area contributed by atoms with Gasteiger partial charge < -0.3 is 14.8 Å². The molecule has 0 spiro atoms. The average Bonchev–Trinajstić information content (AvgIpc) is 2.79. The molecule has 0 heterocycles. The zero-order chi connectivity index (χ0) is 22.1. The molecular weight excluding hydrogens is 386 g/mol. The first-order valence-corrected chi connectivity index (χ1v) is 10.8. The summed E-state index contributed by atoms with van der Waals surface area (Å²) < 4.78 is 11.7. The van der Waals surface area contributed by atoms with Crippen molar-refractivity contribution in [3.63, 3.8) is 0 Å². The third-order valence-electron chi connectivity index (χ3n) is 5.12. The number of hydrogen-bond donors (Lipinski definition) is 1. The summed E-state index contributed by atoms with van der Waals surface area (Å²) in [6.45, 7) is 6.92. The second-order valence-electron chi connectivity index (χ2n) is 7.76. The van der Waals surface area contributed by atoms with Crippen molar-refractivity contribution < 1.29 is 14.3 Å². The van der Waals surface area contributed by atoms with Crippen molar-refractivity contribution in [2.45, 2.75) is 46.3 Å². The van der Waals surface area contributed by atoms with Crippen molar-refractivity contribution in [3.05, 3.63) is 95.1 Å². The maximum absolute atomic E-state index is 12.8. The molecular formula is C27H31NO3. The van der Waals surface area contributed by atoms with Gasteiger partial charge in [-0.15, -0.1) is 0 Å². The Kier molecular flexibility index (Phi) is 8.11. The summed E-state index contributed by atoms with van der Waals surface area (Å²) >= 11 is 0. The molecule has 0 fully saturated rings. The lowest BCUT2D eigenvalue weighted by Gasteiger charge is -2.16. The van der Waals surface area contributed by atoms with Crippen molar-refractivity contribution >= 4 is 5.91 Å². The zero-order valence-corrected chi connectivity index (χ0v) is 18.6. The summed E-state index contributed by atoms with van der Waals surface area (Å²) in [6, 6.07) is 23.8. The molecule has 0 aliphatic rings. The van der Waals surface area contributed by atoms with Gasteiger partial charge in [-0.2, -0.15) is 0 Å². The molecule has 0 aromatic heterocycles. The number of aryl methyl sites for hydroxylation is 2. The Morgan fingerprint density at radius 3 is 2.42 bits per heavy atom. The van der Waals surface area contributed by atoms with Crippen LogP contribution in [0.25, 0.3) is 0 Å². The Morgan fingerprint density at radius 1 is 0.968 bits per heavy atom. The lowest BCUT2D eigenvalue weighted by molar-refractivity contribution is 0.0938. The molecule has 162 valence electrons. The number of carbonyl (C=O) groups excluding carboxylic acids is 1. The number of carbonyl (C=O) groups is 1. The highest BCUT2D eigenvalue weighted by molar-refractivity contribution is 5.94. The third-order valence-corrected chi connectivity index (χ3v) is 5.12. The molecule has 1 amide bonds. The SMILES string of the molecule is CCOc1ccc(C(=O)N[C@@H](C)CCc2ccccc2)cc1COc1ccc(C)cc1. The molecule has 0 radical (unpaired) electrons. The summed E-state index contributed by atoms with van der Waals surface area (Å²) in [5, 5.41) is 3.10. The van der Waals surface area contributed by atoms with Gasteiger partial charge >= 0.3 is 0 Å². The number of ether oxygens (including phenoxy) is 2. The first kappa shape index (κ1) is 22.4. The number of benzene rings is 3. The van der Waals surface area contributed by atoms with E-state index >= 15 is 0 Å². The van der Waals surface area contributed by atoms with Gasteiger partial charge in [0, 0.05) is 17.2 Å². The molecule has 0 saturated carbocycles. The first-order chi connectivity index (χ1) is 15.0. The van der Waals surface area contributed by atoms with Crippen LogP contribution >= 0.6 is 0 Å². The van der Waals surface area contributed by atoms with Gasteiger partial charge in [0.05, 0.1) is 6.61 Å². The average molecular weight is 418 g/mol. The summed E-state index contributed by atoms with van der Waals surface area (Å²) in [5.74, 6) is 1.45. The number of amides is 1. The van der Waals surface area contributed by atoms with Crippen LogP contribution in [0.2, 0.25) is 0 Å². The fourth-order valence-electron chi connectivity index (χ4n) is 3.33. The minimum Gasteiger partial charge on any atom is -0.493 e. The lowest BCUT2D eigenvalue weighted by Crippen LogP contribution is -2.33. The van der Waals surface area contributed by atoms with Gasteiger partial charge in [-0.1, -0.05) is 48.0 Å². The third kappa shape index (κ3) is 6.88. The van der Waals surface area contributed by atoms with E-state index in [0.717, 1.165) is 29.9 Å². The highest BCUT2D eigenvalue weighted by atomic mass is 16.5. The molecule has 0 aliphatic heterocycles. The van der Waals surface area contributed by atoms with Gasteiger partial charge in [-0.25, -0.2) is 0 Å². The van der Waals surface area contributed by atoms with Crippen LogP contribution in [0.15, 0.2) is 72.8 Å². The van der Waals surface area contributed by atoms with Crippen LogP contribution in [0.1, 0.15) is 47.3 Å². The Morgan fingerprint density at radius 2 is 1.71 bits per heavy atom. The van der Waals surface area contributed by atoms with Crippen LogP contribution in [-0.2, 0) is 13.0 Å². The maximum atomic E-state index is 12.8. The quantitative estimate of drug-likeness (QED) is 0.459. The second-order valence-corrected chi connectivity index (χ2v) is 7.76. The van der Waals surface area contributed by atoms with Gasteiger partial charge in [-0.3, -0.25) is 4.79 Å². The van der Waals surface area contributed by atoms with E-state index in [4.69, 9.17) is 9.47 Å². The van der Waals surface area contributed by atoms with E-state index < -0.39 is 0 Å². The highest BCUT2D eigenvalue weighted by Crippen LogP contribution is 2.23. The molecule has 3 aromatic carbocycles. The highest BCUT2D eigenvalue weighted by Gasteiger charge is 2.14. The minimum atomic E-state index is -0.0832. The summed E-state index contributed by atoms with van der Waals surface area (Å²) in [6.07, 6.45) is 1.82. The Bertz CT molecular complexity index is 968. The van der Waals surface area contributed by atoms with Crippen molar-refractivity contribution in [2.75, 3.05) is 6.61 Å². The summed E-state index contributed by atoms with van der Waals surface area (Å²) in [7, 11) is 0. The van der Waals surface area contributed by atoms with Crippen molar-refractivity contribution in [1.82, 2.24) is 5.32 Å². The van der Waals surface area contributed by atoms with Gasteiger partial charge in [0.25, 0.3) is 5.91 Å². The molecule has 1 atom stereocenters. The Hall–Kier alpha value is -3.27. The fourth-order valence-corrected chi connectivity index (χ4v) is 3.33. The van der Waals surface area contributed by atoms with Crippen LogP contribution in [0, 0.1) is 6.92 Å².